The van der Waals surface area contributed by atoms with E-state index in [1.165, 1.54) is 40.5 Å². The molecule has 1 aliphatic carbocycles. The normalized spacial score (nSPS) is 19.4. The zero-order valence-electron chi connectivity index (χ0n) is 22.0. The van der Waals surface area contributed by atoms with Crippen molar-refractivity contribution in [3.05, 3.63) is 101 Å². The van der Waals surface area contributed by atoms with Gasteiger partial charge in [-0.25, -0.2) is 0 Å². The first-order chi connectivity index (χ1) is 18.7. The van der Waals surface area contributed by atoms with Gasteiger partial charge in [0.15, 0.2) is 0 Å². The Bertz CT molecular complexity index is 1380. The average molecular weight is 508 g/mol. The summed E-state index contributed by atoms with van der Waals surface area (Å²) in [7, 11) is 0. The first kappa shape index (κ1) is 24.7. The molecule has 2 N–H and O–H groups in total. The van der Waals surface area contributed by atoms with E-state index in [0.29, 0.717) is 19.1 Å². The van der Waals surface area contributed by atoms with Crippen LogP contribution >= 0.6 is 0 Å². The van der Waals surface area contributed by atoms with Crippen molar-refractivity contribution in [3.8, 4) is 5.75 Å². The van der Waals surface area contributed by atoms with Gasteiger partial charge in [-0.3, -0.25) is 9.69 Å². The Labute approximate surface area is 225 Å². The minimum atomic E-state index is -0.0432. The summed E-state index contributed by atoms with van der Waals surface area (Å²) >= 11 is 0. The van der Waals surface area contributed by atoms with Gasteiger partial charge in [0.05, 0.1) is 12.5 Å². The molecule has 4 aromatic rings. The molecule has 6 rings (SSSR count). The van der Waals surface area contributed by atoms with Gasteiger partial charge >= 0.3 is 0 Å². The molecule has 2 atom stereocenters. The van der Waals surface area contributed by atoms with Crippen LogP contribution in [0.15, 0.2) is 79.0 Å². The summed E-state index contributed by atoms with van der Waals surface area (Å²) in [6.45, 7) is 3.83. The molecule has 0 radical (unpaired) electrons. The quantitative estimate of drug-likeness (QED) is 0.313. The molecule has 2 heterocycles. The highest BCUT2D eigenvalue weighted by molar-refractivity contribution is 5.83. The second-order valence-electron chi connectivity index (χ2n) is 11.0. The van der Waals surface area contributed by atoms with Crippen molar-refractivity contribution in [2.45, 2.75) is 38.6 Å². The highest BCUT2D eigenvalue weighted by Crippen LogP contribution is 2.29. The largest absolute Gasteiger partial charge is 0.493 e. The summed E-state index contributed by atoms with van der Waals surface area (Å²) in [6, 6.07) is 25.4. The van der Waals surface area contributed by atoms with E-state index >= 15 is 0 Å². The number of hydrogen-bond acceptors (Lipinski definition) is 3. The number of H-pyrrole nitrogens is 1. The van der Waals surface area contributed by atoms with E-state index < -0.39 is 0 Å². The van der Waals surface area contributed by atoms with Crippen molar-refractivity contribution in [1.82, 2.24) is 15.2 Å². The van der Waals surface area contributed by atoms with Gasteiger partial charge in [-0.2, -0.15) is 0 Å². The lowest BCUT2D eigenvalue weighted by molar-refractivity contribution is -0.127. The van der Waals surface area contributed by atoms with Gasteiger partial charge in [0.25, 0.3) is 0 Å². The molecule has 0 unspecified atom stereocenters. The molecule has 3 aromatic carbocycles. The number of rotatable bonds is 9. The number of nitrogens with zero attached hydrogens (tertiary/aromatic N) is 1. The maximum atomic E-state index is 13.3. The van der Waals surface area contributed by atoms with Crippen molar-refractivity contribution in [2.24, 2.45) is 11.8 Å². The number of aromatic amines is 1. The Kier molecular flexibility index (Phi) is 7.45. The van der Waals surface area contributed by atoms with Gasteiger partial charge in [0.2, 0.25) is 5.91 Å². The fourth-order valence-corrected chi connectivity index (χ4v) is 6.22. The number of benzene rings is 3. The number of aryl methyl sites for hydroxylation is 2. The van der Waals surface area contributed by atoms with E-state index in [4.69, 9.17) is 4.74 Å². The molecule has 0 bridgehead atoms. The van der Waals surface area contributed by atoms with Crippen molar-refractivity contribution < 1.29 is 9.53 Å². The molecule has 1 aromatic heterocycles. The number of likely N-dealkylation sites (tertiary alicyclic amines) is 1. The van der Waals surface area contributed by atoms with E-state index in [1.807, 2.05) is 18.2 Å². The third kappa shape index (κ3) is 5.78. The molecule has 2 aliphatic rings. The summed E-state index contributed by atoms with van der Waals surface area (Å²) in [5.41, 5.74) is 6.59. The van der Waals surface area contributed by atoms with Gasteiger partial charge < -0.3 is 15.0 Å². The number of ether oxygens (including phenoxy) is 1. The monoisotopic (exact) mass is 507 g/mol. The Morgan fingerprint density at radius 3 is 2.74 bits per heavy atom. The zero-order chi connectivity index (χ0) is 25.7. The zero-order valence-corrected chi connectivity index (χ0v) is 22.0. The van der Waals surface area contributed by atoms with E-state index in [2.05, 4.69) is 76.0 Å². The van der Waals surface area contributed by atoms with Gasteiger partial charge in [0, 0.05) is 49.2 Å². The van der Waals surface area contributed by atoms with Crippen LogP contribution in [0.1, 0.15) is 35.1 Å². The Morgan fingerprint density at radius 2 is 1.82 bits per heavy atom. The lowest BCUT2D eigenvalue weighted by atomic mass is 9.88. The smallest absolute Gasteiger partial charge is 0.224 e. The second-order valence-corrected chi connectivity index (χ2v) is 11.0. The van der Waals surface area contributed by atoms with Crippen LogP contribution in [-0.2, 0) is 30.6 Å². The van der Waals surface area contributed by atoms with E-state index in [9.17, 15) is 4.79 Å². The summed E-state index contributed by atoms with van der Waals surface area (Å²) in [4.78, 5) is 19.2. The number of carbonyl (C=O) groups is 1. The molecule has 0 saturated carbocycles. The first-order valence-electron chi connectivity index (χ1n) is 14.0. The van der Waals surface area contributed by atoms with Crippen molar-refractivity contribution in [2.75, 3.05) is 26.2 Å². The number of para-hydroxylation sites is 1. The van der Waals surface area contributed by atoms with Crippen LogP contribution in [-0.4, -0.2) is 42.0 Å². The maximum Gasteiger partial charge on any atom is 0.224 e. The van der Waals surface area contributed by atoms with Gasteiger partial charge in [-0.1, -0.05) is 54.6 Å². The molecule has 196 valence electrons. The number of piperidine rings is 1. The Hall–Kier alpha value is -3.57. The molecule has 5 heteroatoms. The fourth-order valence-electron chi connectivity index (χ4n) is 6.22. The predicted octanol–water partition coefficient (Wildman–Crippen LogP) is 5.53. The molecule has 1 amide bonds. The molecule has 38 heavy (non-hydrogen) atoms. The number of aromatic nitrogens is 1. The topological polar surface area (TPSA) is 57.4 Å². The van der Waals surface area contributed by atoms with Crippen molar-refractivity contribution in [1.29, 1.82) is 0 Å². The third-order valence-corrected chi connectivity index (χ3v) is 8.16. The van der Waals surface area contributed by atoms with Gasteiger partial charge in [0.1, 0.15) is 5.75 Å². The Morgan fingerprint density at radius 1 is 0.974 bits per heavy atom. The fraction of sp³-hybridized carbons (Fsp3) is 0.364. The lowest BCUT2D eigenvalue weighted by Gasteiger charge is -2.37. The molecular weight excluding hydrogens is 470 g/mol. The molecule has 1 fully saturated rings. The molecule has 5 nitrogen and oxygen atoms in total. The van der Waals surface area contributed by atoms with Crippen LogP contribution in [0.2, 0.25) is 0 Å². The summed E-state index contributed by atoms with van der Waals surface area (Å²) in [5, 5.41) is 4.48. The average Bonchev–Trinajstić information content (AvgIpc) is 3.59. The predicted molar refractivity (Wildman–Crippen MR) is 152 cm³/mol. The van der Waals surface area contributed by atoms with Crippen molar-refractivity contribution >= 4 is 16.8 Å². The summed E-state index contributed by atoms with van der Waals surface area (Å²) in [6.07, 6.45) is 7.40. The van der Waals surface area contributed by atoms with E-state index in [0.717, 1.165) is 50.2 Å². The highest BCUT2D eigenvalue weighted by atomic mass is 16.5. The van der Waals surface area contributed by atoms with Crippen LogP contribution in [0.5, 0.6) is 5.75 Å². The third-order valence-electron chi connectivity index (χ3n) is 8.16. The maximum absolute atomic E-state index is 13.3. The van der Waals surface area contributed by atoms with E-state index in [-0.39, 0.29) is 11.8 Å². The molecular formula is C33H37N3O2. The number of hydrogen-bond donors (Lipinski definition) is 2. The van der Waals surface area contributed by atoms with Gasteiger partial charge in [-0.15, -0.1) is 0 Å². The minimum Gasteiger partial charge on any atom is -0.493 e. The Balaban J connectivity index is 1.12. The van der Waals surface area contributed by atoms with Crippen LogP contribution in [0.3, 0.4) is 0 Å². The van der Waals surface area contributed by atoms with Crippen LogP contribution in [0, 0.1) is 11.8 Å². The van der Waals surface area contributed by atoms with Crippen LogP contribution in [0.25, 0.3) is 10.9 Å². The molecule has 1 aliphatic heterocycles. The number of carbonyl (C=O) groups excluding carboxylic acids is 1. The number of nitrogens with one attached hydrogen (secondary N) is 2. The first-order valence-corrected chi connectivity index (χ1v) is 14.0. The van der Waals surface area contributed by atoms with Crippen LogP contribution in [0.4, 0.5) is 0 Å². The SMILES string of the molecule is O=C(NCCc1ccccc1)[C@@H]1C[C@H](COc2ccc3c(c2)CCC3)CN(Cc2c[nH]c3ccccc23)C1. The molecule has 0 spiro atoms. The standard InChI is InChI=1S/C33H37N3O2/c37-33(34-16-15-24-7-2-1-3-8-24)28-17-25(23-38-30-14-13-26-9-6-10-27(26)18-30)20-36(21-28)22-29-19-35-32-12-5-4-11-31(29)32/h1-5,7-8,11-14,18-19,25,28,35H,6,9-10,15-17,20-23H2,(H,34,37)/t25-,28+/m0/s1. The number of fused-ring (bicyclic) bond motifs is 2. The molecule has 1 saturated heterocycles. The lowest BCUT2D eigenvalue weighted by Crippen LogP contribution is -2.47. The van der Waals surface area contributed by atoms with Gasteiger partial charge in [-0.05, 0) is 72.6 Å². The minimum absolute atomic E-state index is 0.0432. The second kappa shape index (κ2) is 11.4. The van der Waals surface area contributed by atoms with Crippen LogP contribution < -0.4 is 10.1 Å². The van der Waals surface area contributed by atoms with Crippen molar-refractivity contribution in [3.63, 3.8) is 0 Å². The number of amides is 1. The summed E-state index contributed by atoms with van der Waals surface area (Å²) in [5.74, 6) is 1.38. The highest BCUT2D eigenvalue weighted by Gasteiger charge is 2.32. The summed E-state index contributed by atoms with van der Waals surface area (Å²) < 4.78 is 6.33. The van der Waals surface area contributed by atoms with E-state index in [1.54, 1.807) is 0 Å².